The Morgan fingerprint density at radius 1 is 1.06 bits per heavy atom. The van der Waals surface area contributed by atoms with Gasteiger partial charge in [-0.05, 0) is 57.2 Å². The molecule has 33 heavy (non-hydrogen) atoms. The molecule has 10 heteroatoms. The summed E-state index contributed by atoms with van der Waals surface area (Å²) in [5.74, 6) is -0.709. The van der Waals surface area contributed by atoms with Gasteiger partial charge in [0.25, 0.3) is 5.91 Å². The lowest BCUT2D eigenvalue weighted by Gasteiger charge is -2.13. The van der Waals surface area contributed by atoms with Crippen molar-refractivity contribution in [3.63, 3.8) is 0 Å². The van der Waals surface area contributed by atoms with Crippen molar-refractivity contribution < 1.29 is 28.2 Å². The maximum absolute atomic E-state index is 13.2. The SMILES string of the molecule is CCOc1ccc(NC(=O)COC(=O)c2c(C)nn(-c3ccc(F)cc3)c2Cl)cc1OCC. The number of hydrogen-bond acceptors (Lipinski definition) is 6. The molecule has 0 radical (unpaired) electrons. The van der Waals surface area contributed by atoms with E-state index in [1.165, 1.54) is 28.9 Å². The first-order valence-corrected chi connectivity index (χ1v) is 10.6. The predicted octanol–water partition coefficient (Wildman–Crippen LogP) is 4.57. The maximum atomic E-state index is 13.2. The van der Waals surface area contributed by atoms with Crippen molar-refractivity contribution in [3.05, 3.63) is 64.7 Å². The molecular weight excluding hydrogens is 453 g/mol. The Morgan fingerprint density at radius 2 is 1.73 bits per heavy atom. The molecule has 0 unspecified atom stereocenters. The van der Waals surface area contributed by atoms with Crippen LogP contribution in [-0.4, -0.2) is 41.5 Å². The van der Waals surface area contributed by atoms with Crippen LogP contribution >= 0.6 is 11.6 Å². The second kappa shape index (κ2) is 10.8. The van der Waals surface area contributed by atoms with Gasteiger partial charge in [-0.25, -0.2) is 13.9 Å². The molecule has 0 bridgehead atoms. The number of ether oxygens (including phenoxy) is 3. The van der Waals surface area contributed by atoms with Gasteiger partial charge < -0.3 is 19.5 Å². The van der Waals surface area contributed by atoms with Gasteiger partial charge in [0.2, 0.25) is 0 Å². The number of carbonyl (C=O) groups excluding carboxylic acids is 2. The Labute approximate surface area is 195 Å². The summed E-state index contributed by atoms with van der Waals surface area (Å²) in [5, 5.41) is 6.85. The van der Waals surface area contributed by atoms with Gasteiger partial charge >= 0.3 is 5.97 Å². The van der Waals surface area contributed by atoms with E-state index in [9.17, 15) is 14.0 Å². The van der Waals surface area contributed by atoms with Crippen LogP contribution in [0.2, 0.25) is 5.15 Å². The van der Waals surface area contributed by atoms with Crippen LogP contribution in [0.1, 0.15) is 29.9 Å². The van der Waals surface area contributed by atoms with E-state index in [4.69, 9.17) is 25.8 Å². The number of amides is 1. The highest BCUT2D eigenvalue weighted by Crippen LogP contribution is 2.30. The number of halogens is 2. The third kappa shape index (κ3) is 5.81. The van der Waals surface area contributed by atoms with Gasteiger partial charge in [0.15, 0.2) is 18.1 Å². The molecule has 8 nitrogen and oxygen atoms in total. The Kier molecular flexibility index (Phi) is 7.89. The first-order chi connectivity index (χ1) is 15.8. The normalized spacial score (nSPS) is 10.6. The van der Waals surface area contributed by atoms with Gasteiger partial charge in [0, 0.05) is 11.8 Å². The summed E-state index contributed by atoms with van der Waals surface area (Å²) < 4.78 is 30.6. The molecule has 3 rings (SSSR count). The van der Waals surface area contributed by atoms with E-state index in [1.807, 2.05) is 13.8 Å². The smallest absolute Gasteiger partial charge is 0.343 e. The van der Waals surface area contributed by atoms with Gasteiger partial charge in [0.1, 0.15) is 16.5 Å². The molecule has 0 spiro atoms. The number of anilines is 1. The van der Waals surface area contributed by atoms with Crippen molar-refractivity contribution in [1.82, 2.24) is 9.78 Å². The van der Waals surface area contributed by atoms with Crippen LogP contribution in [0.25, 0.3) is 5.69 Å². The molecule has 1 N–H and O–H groups in total. The molecule has 0 aliphatic rings. The third-order valence-corrected chi connectivity index (χ3v) is 4.79. The lowest BCUT2D eigenvalue weighted by Crippen LogP contribution is -2.21. The minimum absolute atomic E-state index is 0.00242. The summed E-state index contributed by atoms with van der Waals surface area (Å²) in [4.78, 5) is 24.9. The van der Waals surface area contributed by atoms with Gasteiger partial charge in [-0.15, -0.1) is 0 Å². The van der Waals surface area contributed by atoms with E-state index in [2.05, 4.69) is 10.4 Å². The molecular formula is C23H23ClFN3O5. The van der Waals surface area contributed by atoms with Crippen LogP contribution in [0.15, 0.2) is 42.5 Å². The van der Waals surface area contributed by atoms with Crippen molar-refractivity contribution >= 4 is 29.2 Å². The van der Waals surface area contributed by atoms with E-state index in [0.29, 0.717) is 41.8 Å². The van der Waals surface area contributed by atoms with Crippen LogP contribution in [0.5, 0.6) is 11.5 Å². The van der Waals surface area contributed by atoms with Crippen molar-refractivity contribution in [2.45, 2.75) is 20.8 Å². The van der Waals surface area contributed by atoms with Crippen molar-refractivity contribution in [2.75, 3.05) is 25.1 Å². The first kappa shape index (κ1) is 24.1. The van der Waals surface area contributed by atoms with Crippen molar-refractivity contribution in [2.24, 2.45) is 0 Å². The van der Waals surface area contributed by atoms with E-state index in [0.717, 1.165) is 0 Å². The highest BCUT2D eigenvalue weighted by molar-refractivity contribution is 6.33. The maximum Gasteiger partial charge on any atom is 0.343 e. The number of benzene rings is 2. The standard InChI is InChI=1S/C23H23ClFN3O5/c1-4-31-18-11-8-16(12-19(18)32-5-2)26-20(29)13-33-23(30)21-14(3)27-28(22(21)24)17-9-6-15(25)7-10-17/h6-12H,4-5,13H2,1-3H3,(H,26,29). The molecule has 0 fully saturated rings. The van der Waals surface area contributed by atoms with E-state index >= 15 is 0 Å². The van der Waals surface area contributed by atoms with Gasteiger partial charge in [-0.2, -0.15) is 5.10 Å². The third-order valence-electron chi connectivity index (χ3n) is 4.44. The number of esters is 1. The zero-order chi connectivity index (χ0) is 24.0. The topological polar surface area (TPSA) is 91.7 Å². The van der Waals surface area contributed by atoms with Crippen LogP contribution in [-0.2, 0) is 9.53 Å². The van der Waals surface area contributed by atoms with Crippen LogP contribution < -0.4 is 14.8 Å². The average Bonchev–Trinajstić information content (AvgIpc) is 3.08. The van der Waals surface area contributed by atoms with Crippen molar-refractivity contribution in [3.8, 4) is 17.2 Å². The largest absolute Gasteiger partial charge is 0.490 e. The quantitative estimate of drug-likeness (QED) is 0.456. The van der Waals surface area contributed by atoms with E-state index < -0.39 is 24.3 Å². The van der Waals surface area contributed by atoms with Crippen molar-refractivity contribution in [1.29, 1.82) is 0 Å². The zero-order valence-corrected chi connectivity index (χ0v) is 19.1. The number of rotatable bonds is 9. The monoisotopic (exact) mass is 475 g/mol. The molecule has 0 aliphatic heterocycles. The summed E-state index contributed by atoms with van der Waals surface area (Å²) in [5.41, 5.74) is 1.26. The predicted molar refractivity (Wildman–Crippen MR) is 121 cm³/mol. The highest BCUT2D eigenvalue weighted by Gasteiger charge is 2.23. The Hall–Kier alpha value is -3.59. The van der Waals surface area contributed by atoms with Gasteiger partial charge in [-0.3, -0.25) is 4.79 Å². The number of nitrogens with one attached hydrogen (secondary N) is 1. The molecule has 0 saturated heterocycles. The van der Waals surface area contributed by atoms with E-state index in [1.54, 1.807) is 25.1 Å². The summed E-state index contributed by atoms with van der Waals surface area (Å²) in [6.07, 6.45) is 0. The Balaban J connectivity index is 1.66. The fourth-order valence-corrected chi connectivity index (χ4v) is 3.36. The molecule has 1 aromatic heterocycles. The molecule has 2 aromatic carbocycles. The lowest BCUT2D eigenvalue weighted by atomic mass is 10.2. The average molecular weight is 476 g/mol. The highest BCUT2D eigenvalue weighted by atomic mass is 35.5. The molecule has 174 valence electrons. The fraction of sp³-hybridized carbons (Fsp3) is 0.261. The minimum atomic E-state index is -0.803. The van der Waals surface area contributed by atoms with Crippen LogP contribution in [0, 0.1) is 12.7 Å². The molecule has 3 aromatic rings. The van der Waals surface area contributed by atoms with Gasteiger partial charge in [0.05, 0.1) is 24.6 Å². The number of carbonyl (C=O) groups is 2. The summed E-state index contributed by atoms with van der Waals surface area (Å²) in [7, 11) is 0. The minimum Gasteiger partial charge on any atom is -0.490 e. The fourth-order valence-electron chi connectivity index (χ4n) is 3.01. The van der Waals surface area contributed by atoms with Gasteiger partial charge in [-0.1, -0.05) is 11.6 Å². The molecule has 0 saturated carbocycles. The molecule has 0 atom stereocenters. The van der Waals surface area contributed by atoms with Crippen LogP contribution in [0.4, 0.5) is 10.1 Å². The number of hydrogen-bond donors (Lipinski definition) is 1. The molecule has 1 amide bonds. The lowest BCUT2D eigenvalue weighted by molar-refractivity contribution is -0.119. The summed E-state index contributed by atoms with van der Waals surface area (Å²) in [6.45, 7) is 5.65. The summed E-state index contributed by atoms with van der Waals surface area (Å²) >= 11 is 6.31. The summed E-state index contributed by atoms with van der Waals surface area (Å²) in [6, 6.07) is 10.4. The molecule has 0 aliphatic carbocycles. The number of aryl methyl sites for hydroxylation is 1. The Bertz CT molecular complexity index is 1150. The second-order valence-corrected chi connectivity index (χ2v) is 7.15. The first-order valence-electron chi connectivity index (χ1n) is 10.2. The number of nitrogens with zero attached hydrogens (tertiary/aromatic N) is 2. The molecule has 1 heterocycles. The zero-order valence-electron chi connectivity index (χ0n) is 18.4. The van der Waals surface area contributed by atoms with Crippen LogP contribution in [0.3, 0.4) is 0 Å². The Morgan fingerprint density at radius 3 is 2.39 bits per heavy atom. The number of aromatic nitrogens is 2. The second-order valence-electron chi connectivity index (χ2n) is 6.79. The van der Waals surface area contributed by atoms with E-state index in [-0.39, 0.29) is 10.7 Å².